The molecule has 5 heteroatoms. The van der Waals surface area contributed by atoms with E-state index in [-0.39, 0.29) is 0 Å². The van der Waals surface area contributed by atoms with E-state index in [0.29, 0.717) is 6.61 Å². The summed E-state index contributed by atoms with van der Waals surface area (Å²) in [6, 6.07) is 7.82. The Bertz CT molecular complexity index is 481. The molecule has 5 nitrogen and oxygen atoms in total. The number of rotatable bonds is 5. The third kappa shape index (κ3) is 2.62. The molecule has 90 valence electrons. The van der Waals surface area contributed by atoms with Gasteiger partial charge in [-0.3, -0.25) is 0 Å². The van der Waals surface area contributed by atoms with Crippen molar-refractivity contribution in [2.75, 3.05) is 13.7 Å². The zero-order chi connectivity index (χ0) is 12.1. The van der Waals surface area contributed by atoms with E-state index < -0.39 is 0 Å². The van der Waals surface area contributed by atoms with Gasteiger partial charge in [0.05, 0.1) is 24.2 Å². The fourth-order valence-corrected chi connectivity index (χ4v) is 1.65. The molecule has 0 bridgehead atoms. The van der Waals surface area contributed by atoms with Crippen LogP contribution in [0.4, 0.5) is 0 Å². The number of nitrogens with one attached hydrogen (secondary N) is 1. The molecular weight excluding hydrogens is 216 g/mol. The molecule has 1 heterocycles. The minimum atomic E-state index is 0.657. The molecule has 0 amide bonds. The van der Waals surface area contributed by atoms with Crippen molar-refractivity contribution >= 4 is 0 Å². The molecule has 0 unspecified atom stereocenters. The molecule has 2 rings (SSSR count). The van der Waals surface area contributed by atoms with E-state index in [9.17, 15) is 0 Å². The van der Waals surface area contributed by atoms with Crippen molar-refractivity contribution in [3.8, 4) is 11.4 Å². The van der Waals surface area contributed by atoms with Crippen molar-refractivity contribution in [3.63, 3.8) is 0 Å². The van der Waals surface area contributed by atoms with Crippen LogP contribution in [-0.2, 0) is 6.54 Å². The second kappa shape index (κ2) is 5.45. The number of aromatic nitrogens is 3. The Morgan fingerprint density at radius 1 is 1.41 bits per heavy atom. The number of benzene rings is 1. The van der Waals surface area contributed by atoms with E-state index in [1.165, 1.54) is 0 Å². The smallest absolute Gasteiger partial charge is 0.121 e. The third-order valence-electron chi connectivity index (χ3n) is 2.35. The van der Waals surface area contributed by atoms with Gasteiger partial charge in [0.1, 0.15) is 5.75 Å². The fraction of sp³-hybridized carbons (Fsp3) is 0.333. The maximum absolute atomic E-state index is 5.47. The molecule has 1 aromatic carbocycles. The Morgan fingerprint density at radius 2 is 2.29 bits per heavy atom. The highest BCUT2D eigenvalue weighted by Gasteiger charge is 2.06. The second-order valence-corrected chi connectivity index (χ2v) is 3.60. The summed E-state index contributed by atoms with van der Waals surface area (Å²) in [7, 11) is 1.90. The van der Waals surface area contributed by atoms with Gasteiger partial charge in [0.2, 0.25) is 0 Å². The maximum Gasteiger partial charge on any atom is 0.121 e. The Hall–Kier alpha value is -1.88. The Morgan fingerprint density at radius 3 is 3.06 bits per heavy atom. The molecule has 17 heavy (non-hydrogen) atoms. The standard InChI is InChI=1S/C12H16N4O/c1-3-17-12-6-4-5-10(7-12)16-11(8-13-2)9-14-15-16/h4-7,9,13H,3,8H2,1-2H3. The Kier molecular flexibility index (Phi) is 3.72. The summed E-state index contributed by atoms with van der Waals surface area (Å²) in [4.78, 5) is 0. The lowest BCUT2D eigenvalue weighted by atomic mass is 10.3. The van der Waals surface area contributed by atoms with Gasteiger partial charge in [-0.2, -0.15) is 0 Å². The van der Waals surface area contributed by atoms with Crippen molar-refractivity contribution in [3.05, 3.63) is 36.2 Å². The van der Waals surface area contributed by atoms with Gasteiger partial charge in [0.15, 0.2) is 0 Å². The average Bonchev–Trinajstić information content (AvgIpc) is 2.79. The van der Waals surface area contributed by atoms with E-state index in [0.717, 1.165) is 23.7 Å². The Balaban J connectivity index is 2.31. The van der Waals surface area contributed by atoms with Crippen LogP contribution in [0.5, 0.6) is 5.75 Å². The van der Waals surface area contributed by atoms with Crippen LogP contribution in [0.1, 0.15) is 12.6 Å². The van der Waals surface area contributed by atoms with Crippen LogP contribution >= 0.6 is 0 Å². The summed E-state index contributed by atoms with van der Waals surface area (Å²) in [6.07, 6.45) is 1.75. The summed E-state index contributed by atoms with van der Waals surface area (Å²) >= 11 is 0. The van der Waals surface area contributed by atoms with E-state index >= 15 is 0 Å². The molecule has 0 saturated heterocycles. The summed E-state index contributed by atoms with van der Waals surface area (Å²) < 4.78 is 7.27. The largest absolute Gasteiger partial charge is 0.494 e. The van der Waals surface area contributed by atoms with E-state index in [2.05, 4.69) is 15.6 Å². The zero-order valence-electron chi connectivity index (χ0n) is 10.1. The number of ether oxygens (including phenoxy) is 1. The third-order valence-corrected chi connectivity index (χ3v) is 2.35. The van der Waals surface area contributed by atoms with E-state index in [4.69, 9.17) is 4.74 Å². The molecule has 0 radical (unpaired) electrons. The van der Waals surface area contributed by atoms with Crippen LogP contribution in [0.15, 0.2) is 30.5 Å². The zero-order valence-corrected chi connectivity index (χ0v) is 10.1. The van der Waals surface area contributed by atoms with E-state index in [1.54, 1.807) is 10.9 Å². The summed E-state index contributed by atoms with van der Waals surface area (Å²) in [5, 5.41) is 11.1. The van der Waals surface area contributed by atoms with Crippen molar-refractivity contribution in [1.29, 1.82) is 0 Å². The fourth-order valence-electron chi connectivity index (χ4n) is 1.65. The minimum Gasteiger partial charge on any atom is -0.494 e. The predicted octanol–water partition coefficient (Wildman–Crippen LogP) is 1.39. The monoisotopic (exact) mass is 232 g/mol. The van der Waals surface area contributed by atoms with Gasteiger partial charge in [-0.05, 0) is 26.1 Å². The molecule has 0 spiro atoms. The van der Waals surface area contributed by atoms with Crippen LogP contribution in [0, 0.1) is 0 Å². The molecule has 1 N–H and O–H groups in total. The van der Waals surface area contributed by atoms with Crippen LogP contribution in [0.25, 0.3) is 5.69 Å². The molecule has 2 aromatic rings. The molecule has 0 aliphatic rings. The van der Waals surface area contributed by atoms with Crippen LogP contribution in [0.3, 0.4) is 0 Å². The highest BCUT2D eigenvalue weighted by Crippen LogP contribution is 2.17. The predicted molar refractivity (Wildman–Crippen MR) is 65.3 cm³/mol. The molecule has 1 aromatic heterocycles. The Labute approximate surface area is 100 Å². The first-order chi connectivity index (χ1) is 8.35. The number of nitrogens with zero attached hydrogens (tertiary/aromatic N) is 3. The quantitative estimate of drug-likeness (QED) is 0.846. The molecule has 0 aliphatic carbocycles. The molecule has 0 atom stereocenters. The maximum atomic E-state index is 5.47. The van der Waals surface area contributed by atoms with Gasteiger partial charge in [-0.25, -0.2) is 4.68 Å². The molecule has 0 saturated carbocycles. The van der Waals surface area contributed by atoms with Gasteiger partial charge >= 0.3 is 0 Å². The molecule has 0 aliphatic heterocycles. The topological polar surface area (TPSA) is 52.0 Å². The first-order valence-corrected chi connectivity index (χ1v) is 5.62. The van der Waals surface area contributed by atoms with Crippen molar-refractivity contribution < 1.29 is 4.74 Å². The van der Waals surface area contributed by atoms with Gasteiger partial charge in [0.25, 0.3) is 0 Å². The first kappa shape index (κ1) is 11.6. The summed E-state index contributed by atoms with van der Waals surface area (Å²) in [5.41, 5.74) is 1.97. The highest BCUT2D eigenvalue weighted by molar-refractivity contribution is 5.39. The van der Waals surface area contributed by atoms with E-state index in [1.807, 2.05) is 38.2 Å². The van der Waals surface area contributed by atoms with Gasteiger partial charge in [-0.1, -0.05) is 11.3 Å². The van der Waals surface area contributed by atoms with Gasteiger partial charge < -0.3 is 10.1 Å². The lowest BCUT2D eigenvalue weighted by Crippen LogP contribution is -2.11. The summed E-state index contributed by atoms with van der Waals surface area (Å²) in [5.74, 6) is 0.843. The van der Waals surface area contributed by atoms with Crippen molar-refractivity contribution in [2.24, 2.45) is 0 Å². The lowest BCUT2D eigenvalue weighted by Gasteiger charge is -2.08. The van der Waals surface area contributed by atoms with Crippen LogP contribution < -0.4 is 10.1 Å². The SMILES string of the molecule is CCOc1cccc(-n2nncc2CNC)c1. The molecular formula is C12H16N4O. The van der Waals surface area contributed by atoms with Crippen molar-refractivity contribution in [2.45, 2.75) is 13.5 Å². The highest BCUT2D eigenvalue weighted by atomic mass is 16.5. The normalized spacial score (nSPS) is 10.5. The lowest BCUT2D eigenvalue weighted by molar-refractivity contribution is 0.340. The minimum absolute atomic E-state index is 0.657. The summed E-state index contributed by atoms with van der Waals surface area (Å²) in [6.45, 7) is 3.35. The number of hydrogen-bond acceptors (Lipinski definition) is 4. The van der Waals surface area contributed by atoms with Crippen LogP contribution in [-0.4, -0.2) is 28.6 Å². The van der Waals surface area contributed by atoms with Gasteiger partial charge in [-0.15, -0.1) is 5.10 Å². The number of hydrogen-bond donors (Lipinski definition) is 1. The van der Waals surface area contributed by atoms with Crippen LogP contribution in [0.2, 0.25) is 0 Å². The van der Waals surface area contributed by atoms with Gasteiger partial charge in [0, 0.05) is 12.6 Å². The molecule has 0 fully saturated rings. The van der Waals surface area contributed by atoms with Crippen molar-refractivity contribution in [1.82, 2.24) is 20.3 Å². The second-order valence-electron chi connectivity index (χ2n) is 3.60. The first-order valence-electron chi connectivity index (χ1n) is 5.62. The average molecular weight is 232 g/mol.